The minimum Gasteiger partial charge on any atom is -0.491 e. The summed E-state index contributed by atoms with van der Waals surface area (Å²) >= 11 is 0. The predicted molar refractivity (Wildman–Crippen MR) is 74.5 cm³/mol. The molecule has 2 atom stereocenters. The molecule has 0 aliphatic carbocycles. The van der Waals surface area contributed by atoms with Gasteiger partial charge in [-0.3, -0.25) is 0 Å². The Morgan fingerprint density at radius 2 is 2.32 bits per heavy atom. The lowest BCUT2D eigenvalue weighted by molar-refractivity contribution is -0.0404. The predicted octanol–water partition coefficient (Wildman–Crippen LogP) is 1.76. The zero-order valence-corrected chi connectivity index (χ0v) is 11.9. The molecule has 1 aromatic carbocycles. The van der Waals surface area contributed by atoms with E-state index < -0.39 is 6.10 Å². The molecule has 1 aliphatic heterocycles. The maximum Gasteiger partial charge on any atom is 0.122 e. The first-order valence-electron chi connectivity index (χ1n) is 6.78. The Balaban J connectivity index is 1.92. The maximum atomic E-state index is 9.54. The average molecular weight is 265 g/mol. The molecule has 0 saturated carbocycles. The van der Waals surface area contributed by atoms with E-state index in [4.69, 9.17) is 9.47 Å². The molecule has 0 spiro atoms. The zero-order chi connectivity index (χ0) is 13.8. The molecule has 0 bridgehead atoms. The quantitative estimate of drug-likeness (QED) is 0.900. The fraction of sp³-hybridized carbons (Fsp3) is 0.600. The van der Waals surface area contributed by atoms with Crippen molar-refractivity contribution in [1.29, 1.82) is 0 Å². The largest absolute Gasteiger partial charge is 0.491 e. The van der Waals surface area contributed by atoms with Crippen LogP contribution in [0.4, 0.5) is 0 Å². The van der Waals surface area contributed by atoms with Crippen LogP contribution in [0.1, 0.15) is 24.2 Å². The summed E-state index contributed by atoms with van der Waals surface area (Å²) in [4.78, 5) is 2.25. The Bertz CT molecular complexity index is 420. The van der Waals surface area contributed by atoms with Crippen LogP contribution in [0.3, 0.4) is 0 Å². The van der Waals surface area contributed by atoms with Gasteiger partial charge in [-0.1, -0.05) is 6.07 Å². The Morgan fingerprint density at radius 3 is 2.95 bits per heavy atom. The van der Waals surface area contributed by atoms with Crippen molar-refractivity contribution in [3.05, 3.63) is 29.3 Å². The molecule has 1 unspecified atom stereocenters. The summed E-state index contributed by atoms with van der Waals surface area (Å²) in [7, 11) is 2.10. The fourth-order valence-electron chi connectivity index (χ4n) is 2.24. The molecule has 1 aromatic rings. The molecule has 106 valence electrons. The van der Waals surface area contributed by atoms with Gasteiger partial charge in [0.1, 0.15) is 18.5 Å². The van der Waals surface area contributed by atoms with E-state index in [-0.39, 0.29) is 6.10 Å². The van der Waals surface area contributed by atoms with Crippen LogP contribution in [0, 0.1) is 6.92 Å². The van der Waals surface area contributed by atoms with E-state index >= 15 is 0 Å². The molecule has 0 amide bonds. The van der Waals surface area contributed by atoms with Crippen molar-refractivity contribution in [3.8, 4) is 5.75 Å². The van der Waals surface area contributed by atoms with Crippen molar-refractivity contribution in [2.45, 2.75) is 26.1 Å². The summed E-state index contributed by atoms with van der Waals surface area (Å²) < 4.78 is 11.5. The van der Waals surface area contributed by atoms with Crippen LogP contribution in [-0.2, 0) is 4.74 Å². The third-order valence-corrected chi connectivity index (χ3v) is 3.45. The van der Waals surface area contributed by atoms with Crippen molar-refractivity contribution >= 4 is 0 Å². The second-order valence-corrected chi connectivity index (χ2v) is 5.27. The van der Waals surface area contributed by atoms with Gasteiger partial charge in [-0.2, -0.15) is 0 Å². The van der Waals surface area contributed by atoms with E-state index in [0.29, 0.717) is 6.61 Å². The van der Waals surface area contributed by atoms with Gasteiger partial charge < -0.3 is 19.5 Å². The zero-order valence-electron chi connectivity index (χ0n) is 11.9. The number of rotatable bonds is 4. The summed E-state index contributed by atoms with van der Waals surface area (Å²) in [5.41, 5.74) is 1.96. The highest BCUT2D eigenvalue weighted by atomic mass is 16.5. The summed E-state index contributed by atoms with van der Waals surface area (Å²) in [6, 6.07) is 5.79. The third kappa shape index (κ3) is 3.93. The molecule has 1 fully saturated rings. The minimum absolute atomic E-state index is 0.134. The minimum atomic E-state index is -0.442. The number of aliphatic hydroxyl groups excluding tert-OH is 1. The van der Waals surface area contributed by atoms with Crippen molar-refractivity contribution in [2.75, 3.05) is 33.4 Å². The highest BCUT2D eigenvalue weighted by Crippen LogP contribution is 2.23. The van der Waals surface area contributed by atoms with E-state index in [0.717, 1.165) is 36.6 Å². The molecule has 1 saturated heterocycles. The van der Waals surface area contributed by atoms with Gasteiger partial charge in [0.15, 0.2) is 0 Å². The van der Waals surface area contributed by atoms with E-state index in [1.165, 1.54) is 0 Å². The fourth-order valence-corrected chi connectivity index (χ4v) is 2.24. The van der Waals surface area contributed by atoms with Crippen molar-refractivity contribution in [3.63, 3.8) is 0 Å². The number of nitrogens with zero attached hydrogens (tertiary/aromatic N) is 1. The van der Waals surface area contributed by atoms with Gasteiger partial charge in [-0.25, -0.2) is 0 Å². The van der Waals surface area contributed by atoms with E-state index in [9.17, 15) is 5.11 Å². The van der Waals surface area contributed by atoms with Crippen LogP contribution in [-0.4, -0.2) is 49.5 Å². The molecule has 1 aliphatic rings. The molecule has 0 aromatic heterocycles. The Morgan fingerprint density at radius 1 is 1.53 bits per heavy atom. The van der Waals surface area contributed by atoms with Gasteiger partial charge in [0, 0.05) is 13.1 Å². The van der Waals surface area contributed by atoms with Crippen molar-refractivity contribution in [1.82, 2.24) is 4.90 Å². The summed E-state index contributed by atoms with van der Waals surface area (Å²) in [6.07, 6.45) is -0.308. The second-order valence-electron chi connectivity index (χ2n) is 5.27. The first-order valence-corrected chi connectivity index (χ1v) is 6.78. The first kappa shape index (κ1) is 14.3. The molecule has 1 heterocycles. The second kappa shape index (κ2) is 6.37. The van der Waals surface area contributed by atoms with Gasteiger partial charge in [0.2, 0.25) is 0 Å². The monoisotopic (exact) mass is 265 g/mol. The lowest BCUT2D eigenvalue weighted by Crippen LogP contribution is -2.42. The summed E-state index contributed by atoms with van der Waals surface area (Å²) in [5, 5.41) is 9.54. The van der Waals surface area contributed by atoms with Crippen LogP contribution in [0.5, 0.6) is 5.75 Å². The van der Waals surface area contributed by atoms with Crippen LogP contribution < -0.4 is 4.74 Å². The van der Waals surface area contributed by atoms with E-state index in [1.807, 2.05) is 25.1 Å². The molecule has 4 heteroatoms. The molecule has 19 heavy (non-hydrogen) atoms. The molecule has 2 rings (SSSR count). The molecule has 4 nitrogen and oxygen atoms in total. The molecular formula is C15H23NO3. The summed E-state index contributed by atoms with van der Waals surface area (Å²) in [6.45, 7) is 6.99. The van der Waals surface area contributed by atoms with Crippen LogP contribution in [0.25, 0.3) is 0 Å². The van der Waals surface area contributed by atoms with Gasteiger partial charge >= 0.3 is 0 Å². The lowest BCUT2D eigenvalue weighted by atomic mass is 10.1. The van der Waals surface area contributed by atoms with Gasteiger partial charge in [0.05, 0.1) is 12.7 Å². The number of hydrogen-bond acceptors (Lipinski definition) is 4. The van der Waals surface area contributed by atoms with Gasteiger partial charge in [-0.05, 0) is 44.2 Å². The van der Waals surface area contributed by atoms with Gasteiger partial charge in [-0.15, -0.1) is 0 Å². The first-order chi connectivity index (χ1) is 9.06. The number of ether oxygens (including phenoxy) is 2. The topological polar surface area (TPSA) is 41.9 Å². The number of benzene rings is 1. The van der Waals surface area contributed by atoms with Crippen molar-refractivity contribution in [2.24, 2.45) is 0 Å². The standard InChI is InChI=1S/C15H23NO3/c1-11-8-13(12(2)17)4-5-15(11)19-10-14-9-16(3)6-7-18-14/h4-5,8,12,14,17H,6-7,9-10H2,1-3H3/t12-,14?/m0/s1. The number of hydrogen-bond donors (Lipinski definition) is 1. The van der Waals surface area contributed by atoms with Crippen LogP contribution in [0.2, 0.25) is 0 Å². The number of aliphatic hydroxyl groups is 1. The smallest absolute Gasteiger partial charge is 0.122 e. The Hall–Kier alpha value is -1.10. The average Bonchev–Trinajstić information content (AvgIpc) is 2.37. The molecule has 1 N–H and O–H groups in total. The van der Waals surface area contributed by atoms with E-state index in [1.54, 1.807) is 6.92 Å². The van der Waals surface area contributed by atoms with Gasteiger partial charge in [0.25, 0.3) is 0 Å². The number of morpholine rings is 1. The number of aryl methyl sites for hydroxylation is 1. The molecular weight excluding hydrogens is 242 g/mol. The van der Waals surface area contributed by atoms with E-state index in [2.05, 4.69) is 11.9 Å². The lowest BCUT2D eigenvalue weighted by Gasteiger charge is -2.30. The highest BCUT2D eigenvalue weighted by Gasteiger charge is 2.18. The Kier molecular flexibility index (Phi) is 4.80. The molecule has 0 radical (unpaired) electrons. The SMILES string of the molecule is Cc1cc([C@H](C)O)ccc1OCC1CN(C)CCO1. The number of likely N-dealkylation sites (N-methyl/N-ethyl adjacent to an activating group) is 1. The third-order valence-electron chi connectivity index (χ3n) is 3.45. The van der Waals surface area contributed by atoms with Crippen LogP contribution in [0.15, 0.2) is 18.2 Å². The summed E-state index contributed by atoms with van der Waals surface area (Å²) in [5.74, 6) is 0.862. The Labute approximate surface area is 114 Å². The maximum absolute atomic E-state index is 9.54. The van der Waals surface area contributed by atoms with Crippen molar-refractivity contribution < 1.29 is 14.6 Å². The highest BCUT2D eigenvalue weighted by molar-refractivity contribution is 5.36. The van der Waals surface area contributed by atoms with Crippen LogP contribution >= 0.6 is 0 Å². The normalized spacial score (nSPS) is 22.2.